The minimum Gasteiger partial charge on any atom is -0.491 e. The first-order valence-corrected chi connectivity index (χ1v) is 9.98. The van der Waals surface area contributed by atoms with Crippen LogP contribution < -0.4 is 15.4 Å². The third-order valence-corrected chi connectivity index (χ3v) is 5.27. The number of hydrogen-bond donors (Lipinski definition) is 2. The van der Waals surface area contributed by atoms with E-state index in [1.165, 1.54) is 5.39 Å². The van der Waals surface area contributed by atoms with Gasteiger partial charge in [-0.2, -0.15) is 0 Å². The number of aliphatic imine (C=N–C) groups is 1. The van der Waals surface area contributed by atoms with Crippen molar-refractivity contribution < 1.29 is 9.53 Å². The number of fused-ring (bicyclic) bond motifs is 1. The molecule has 0 spiro atoms. The van der Waals surface area contributed by atoms with Gasteiger partial charge in [0.15, 0.2) is 5.96 Å². The number of amides is 1. The van der Waals surface area contributed by atoms with Gasteiger partial charge >= 0.3 is 0 Å². The van der Waals surface area contributed by atoms with Gasteiger partial charge in [-0.15, -0.1) is 24.0 Å². The molecule has 0 atom stereocenters. The van der Waals surface area contributed by atoms with Gasteiger partial charge in [-0.3, -0.25) is 9.79 Å². The zero-order valence-corrected chi connectivity index (χ0v) is 19.5. The number of guanidine groups is 1. The summed E-state index contributed by atoms with van der Waals surface area (Å²) < 4.78 is 5.99. The Bertz CT molecular complexity index is 814. The van der Waals surface area contributed by atoms with Crippen LogP contribution in [0.4, 0.5) is 0 Å². The summed E-state index contributed by atoms with van der Waals surface area (Å²) in [6.45, 7) is 3.10. The van der Waals surface area contributed by atoms with Crippen molar-refractivity contribution in [3.8, 4) is 5.75 Å². The van der Waals surface area contributed by atoms with Crippen LogP contribution in [0, 0.1) is 5.92 Å². The number of likely N-dealkylation sites (tertiary alicyclic amines) is 1. The van der Waals surface area contributed by atoms with Gasteiger partial charge in [-0.05, 0) is 30.2 Å². The molecule has 0 saturated carbocycles. The molecule has 2 aromatic carbocycles. The molecule has 1 aliphatic rings. The summed E-state index contributed by atoms with van der Waals surface area (Å²) in [5, 5.41) is 8.43. The number of piperidine rings is 1. The van der Waals surface area contributed by atoms with Crippen LogP contribution in [-0.2, 0) is 4.79 Å². The number of benzene rings is 2. The van der Waals surface area contributed by atoms with Crippen molar-refractivity contribution in [2.45, 2.75) is 19.3 Å². The molecule has 1 fully saturated rings. The van der Waals surface area contributed by atoms with E-state index < -0.39 is 0 Å². The SMILES string of the molecule is CN=C(NCCOc1cccc2ccccc12)N1CCC(CC(=O)NC)CC1.I. The average molecular weight is 510 g/mol. The van der Waals surface area contributed by atoms with Gasteiger partial charge in [-0.1, -0.05) is 36.4 Å². The molecular weight excluding hydrogens is 479 g/mol. The molecule has 0 aromatic heterocycles. The molecule has 1 heterocycles. The van der Waals surface area contributed by atoms with Gasteiger partial charge in [0.25, 0.3) is 0 Å². The first-order chi connectivity index (χ1) is 13.7. The lowest BCUT2D eigenvalue weighted by Crippen LogP contribution is -2.46. The molecule has 1 amide bonds. The minimum absolute atomic E-state index is 0. The fraction of sp³-hybridized carbons (Fsp3) is 0.455. The molecule has 2 N–H and O–H groups in total. The summed E-state index contributed by atoms with van der Waals surface area (Å²) in [5.74, 6) is 2.40. The van der Waals surface area contributed by atoms with E-state index in [0.717, 1.165) is 43.0 Å². The number of ether oxygens (including phenoxy) is 1. The van der Waals surface area contributed by atoms with Crippen molar-refractivity contribution in [3.05, 3.63) is 42.5 Å². The first-order valence-electron chi connectivity index (χ1n) is 9.98. The molecular formula is C22H31IN4O2. The Labute approximate surface area is 190 Å². The van der Waals surface area contributed by atoms with Crippen LogP contribution in [-0.4, -0.2) is 57.1 Å². The average Bonchev–Trinajstić information content (AvgIpc) is 2.74. The fourth-order valence-corrected chi connectivity index (χ4v) is 3.69. The van der Waals surface area contributed by atoms with Crippen LogP contribution in [0.3, 0.4) is 0 Å². The second-order valence-corrected chi connectivity index (χ2v) is 7.11. The van der Waals surface area contributed by atoms with Crippen LogP contribution in [0.25, 0.3) is 10.8 Å². The number of nitrogens with zero attached hydrogens (tertiary/aromatic N) is 2. The van der Waals surface area contributed by atoms with E-state index in [1.54, 1.807) is 7.05 Å². The van der Waals surface area contributed by atoms with Crippen LogP contribution in [0.1, 0.15) is 19.3 Å². The van der Waals surface area contributed by atoms with E-state index in [4.69, 9.17) is 4.74 Å². The Morgan fingerprint density at radius 3 is 2.62 bits per heavy atom. The summed E-state index contributed by atoms with van der Waals surface area (Å²) in [6, 6.07) is 14.4. The molecule has 6 nitrogen and oxygen atoms in total. The number of carbonyl (C=O) groups is 1. The molecule has 0 bridgehead atoms. The summed E-state index contributed by atoms with van der Waals surface area (Å²) >= 11 is 0. The van der Waals surface area contributed by atoms with Gasteiger partial charge in [0.1, 0.15) is 12.4 Å². The molecule has 29 heavy (non-hydrogen) atoms. The molecule has 1 saturated heterocycles. The lowest BCUT2D eigenvalue weighted by Gasteiger charge is -2.34. The third kappa shape index (κ3) is 6.48. The van der Waals surface area contributed by atoms with Crippen molar-refractivity contribution in [1.82, 2.24) is 15.5 Å². The molecule has 1 aliphatic heterocycles. The van der Waals surface area contributed by atoms with Gasteiger partial charge in [-0.25, -0.2) is 0 Å². The quantitative estimate of drug-likeness (QED) is 0.271. The van der Waals surface area contributed by atoms with Crippen molar-refractivity contribution in [2.24, 2.45) is 10.9 Å². The standard InChI is InChI=1S/C22H30N4O2.HI/c1-23-21(27)16-17-10-13-26(14-11-17)22(24-2)25-12-15-28-20-9-5-7-18-6-3-4-8-19(18)20;/h3-9,17H,10-16H2,1-2H3,(H,23,27)(H,24,25);1H. The Morgan fingerprint density at radius 2 is 1.90 bits per heavy atom. The maximum Gasteiger partial charge on any atom is 0.220 e. The summed E-state index contributed by atoms with van der Waals surface area (Å²) in [6.07, 6.45) is 2.65. The van der Waals surface area contributed by atoms with Gasteiger partial charge in [0, 0.05) is 39.0 Å². The van der Waals surface area contributed by atoms with Gasteiger partial charge in [0.05, 0.1) is 6.54 Å². The predicted octanol–water partition coefficient (Wildman–Crippen LogP) is 3.26. The lowest BCUT2D eigenvalue weighted by molar-refractivity contribution is -0.121. The zero-order chi connectivity index (χ0) is 19.8. The summed E-state index contributed by atoms with van der Waals surface area (Å²) in [4.78, 5) is 18.2. The molecule has 7 heteroatoms. The largest absolute Gasteiger partial charge is 0.491 e. The number of nitrogens with one attached hydrogen (secondary N) is 2. The van der Waals surface area contributed by atoms with Crippen LogP contribution in [0.15, 0.2) is 47.5 Å². The van der Waals surface area contributed by atoms with Crippen molar-refractivity contribution in [2.75, 3.05) is 40.3 Å². The lowest BCUT2D eigenvalue weighted by atomic mass is 9.93. The monoisotopic (exact) mass is 510 g/mol. The van der Waals surface area contributed by atoms with Crippen LogP contribution >= 0.6 is 24.0 Å². The van der Waals surface area contributed by atoms with E-state index in [1.807, 2.05) is 31.3 Å². The van der Waals surface area contributed by atoms with Crippen molar-refractivity contribution in [3.63, 3.8) is 0 Å². The molecule has 0 unspecified atom stereocenters. The highest BCUT2D eigenvalue weighted by molar-refractivity contribution is 14.0. The topological polar surface area (TPSA) is 66.0 Å². The van der Waals surface area contributed by atoms with E-state index in [0.29, 0.717) is 25.5 Å². The van der Waals surface area contributed by atoms with Gasteiger partial charge < -0.3 is 20.3 Å². The van der Waals surface area contributed by atoms with Gasteiger partial charge in [0.2, 0.25) is 5.91 Å². The smallest absolute Gasteiger partial charge is 0.220 e. The summed E-state index contributed by atoms with van der Waals surface area (Å²) in [7, 11) is 3.51. The van der Waals surface area contributed by atoms with E-state index in [2.05, 4.69) is 38.7 Å². The maximum atomic E-state index is 11.6. The maximum absolute atomic E-state index is 11.6. The Morgan fingerprint density at radius 1 is 1.17 bits per heavy atom. The highest BCUT2D eigenvalue weighted by atomic mass is 127. The van der Waals surface area contributed by atoms with Crippen molar-refractivity contribution in [1.29, 1.82) is 0 Å². The van der Waals surface area contributed by atoms with E-state index in [-0.39, 0.29) is 29.9 Å². The molecule has 158 valence electrons. The Hall–Kier alpha value is -2.03. The molecule has 2 aromatic rings. The second kappa shape index (κ2) is 11.8. The zero-order valence-electron chi connectivity index (χ0n) is 17.2. The number of hydrogen-bond acceptors (Lipinski definition) is 3. The van der Waals surface area contributed by atoms with Crippen molar-refractivity contribution >= 4 is 46.6 Å². The Balaban J connectivity index is 0.00000300. The molecule has 0 aliphatic carbocycles. The second-order valence-electron chi connectivity index (χ2n) is 7.11. The molecule has 3 rings (SSSR count). The minimum atomic E-state index is 0. The molecule has 0 radical (unpaired) electrons. The van der Waals surface area contributed by atoms with E-state index in [9.17, 15) is 4.79 Å². The van der Waals surface area contributed by atoms with Crippen LogP contribution in [0.5, 0.6) is 5.75 Å². The highest BCUT2D eigenvalue weighted by Crippen LogP contribution is 2.25. The van der Waals surface area contributed by atoms with E-state index >= 15 is 0 Å². The Kier molecular flexibility index (Phi) is 9.50. The number of carbonyl (C=O) groups excluding carboxylic acids is 1. The number of rotatable bonds is 6. The predicted molar refractivity (Wildman–Crippen MR) is 129 cm³/mol. The highest BCUT2D eigenvalue weighted by Gasteiger charge is 2.22. The third-order valence-electron chi connectivity index (χ3n) is 5.27. The number of halogens is 1. The first kappa shape index (κ1) is 23.3. The normalized spacial score (nSPS) is 15.0. The fourth-order valence-electron chi connectivity index (χ4n) is 3.69. The van der Waals surface area contributed by atoms with Crippen LogP contribution in [0.2, 0.25) is 0 Å². The summed E-state index contributed by atoms with van der Waals surface area (Å²) in [5.41, 5.74) is 0.